The maximum atomic E-state index is 11.9. The van der Waals surface area contributed by atoms with Gasteiger partial charge in [0.25, 0.3) is 5.91 Å². The Kier molecular flexibility index (Phi) is 4.49. The van der Waals surface area contributed by atoms with Crippen LogP contribution in [-0.2, 0) is 0 Å². The van der Waals surface area contributed by atoms with Gasteiger partial charge in [-0.1, -0.05) is 6.92 Å². The van der Waals surface area contributed by atoms with Crippen molar-refractivity contribution in [2.24, 2.45) is 5.92 Å². The Bertz CT molecular complexity index is 490. The number of hydrogen-bond donors (Lipinski definition) is 3. The average Bonchev–Trinajstić information content (AvgIpc) is 2.80. The van der Waals surface area contributed by atoms with E-state index in [1.807, 2.05) is 13.0 Å². The molecular weight excluding hydrogens is 254 g/mol. The van der Waals surface area contributed by atoms with Gasteiger partial charge in [-0.15, -0.1) is 0 Å². The van der Waals surface area contributed by atoms with Crippen LogP contribution in [-0.4, -0.2) is 36.8 Å². The third-order valence-corrected chi connectivity index (χ3v) is 4.01. The minimum Gasteiger partial charge on any atom is -0.397 e. The van der Waals surface area contributed by atoms with Crippen LogP contribution in [0.5, 0.6) is 0 Å². The average molecular weight is 277 g/mol. The molecular formula is C15H23N3O2. The first-order chi connectivity index (χ1) is 9.58. The Morgan fingerprint density at radius 2 is 2.30 bits per heavy atom. The van der Waals surface area contributed by atoms with Crippen molar-refractivity contribution < 1.29 is 9.90 Å². The van der Waals surface area contributed by atoms with Crippen molar-refractivity contribution in [1.82, 2.24) is 5.32 Å². The summed E-state index contributed by atoms with van der Waals surface area (Å²) in [6.45, 7) is 5.57. The molecule has 1 fully saturated rings. The van der Waals surface area contributed by atoms with Crippen LogP contribution in [0.2, 0.25) is 0 Å². The molecule has 0 aromatic heterocycles. The van der Waals surface area contributed by atoms with E-state index in [0.717, 1.165) is 18.7 Å². The van der Waals surface area contributed by atoms with E-state index >= 15 is 0 Å². The highest BCUT2D eigenvalue weighted by atomic mass is 16.3. The van der Waals surface area contributed by atoms with Crippen LogP contribution in [0.3, 0.4) is 0 Å². The van der Waals surface area contributed by atoms with Gasteiger partial charge < -0.3 is 21.1 Å². The van der Waals surface area contributed by atoms with Crippen molar-refractivity contribution in [2.75, 3.05) is 30.3 Å². The first kappa shape index (κ1) is 14.7. The highest BCUT2D eigenvalue weighted by molar-refractivity contribution is 5.96. The molecule has 0 radical (unpaired) electrons. The minimum absolute atomic E-state index is 0.0711. The number of hydrogen-bond acceptors (Lipinski definition) is 4. The Morgan fingerprint density at radius 1 is 1.55 bits per heavy atom. The number of anilines is 2. The molecule has 1 saturated heterocycles. The maximum absolute atomic E-state index is 11.9. The summed E-state index contributed by atoms with van der Waals surface area (Å²) in [6.07, 6.45) is 1.02. The number of nitrogens with zero attached hydrogens (tertiary/aromatic N) is 1. The Labute approximate surface area is 119 Å². The van der Waals surface area contributed by atoms with Crippen molar-refractivity contribution in [1.29, 1.82) is 0 Å². The molecule has 20 heavy (non-hydrogen) atoms. The van der Waals surface area contributed by atoms with Crippen molar-refractivity contribution in [3.05, 3.63) is 23.8 Å². The molecule has 1 aliphatic heterocycles. The third kappa shape index (κ3) is 2.72. The first-order valence-electron chi connectivity index (χ1n) is 7.13. The second-order valence-electron chi connectivity index (χ2n) is 5.34. The van der Waals surface area contributed by atoms with Gasteiger partial charge in [-0.25, -0.2) is 0 Å². The van der Waals surface area contributed by atoms with Crippen LogP contribution in [0.4, 0.5) is 11.4 Å². The van der Waals surface area contributed by atoms with E-state index in [9.17, 15) is 9.90 Å². The van der Waals surface area contributed by atoms with Gasteiger partial charge in [0.2, 0.25) is 0 Å². The summed E-state index contributed by atoms with van der Waals surface area (Å²) >= 11 is 0. The number of rotatable bonds is 4. The second-order valence-corrected chi connectivity index (χ2v) is 5.34. The molecule has 0 saturated carbocycles. The number of carbonyl (C=O) groups is 1. The second kappa shape index (κ2) is 6.13. The predicted octanol–water partition coefficient (Wildman–Crippen LogP) is 1.23. The van der Waals surface area contributed by atoms with Crippen LogP contribution in [0.25, 0.3) is 0 Å². The predicted molar refractivity (Wildman–Crippen MR) is 80.9 cm³/mol. The number of nitrogens with one attached hydrogen (secondary N) is 1. The fourth-order valence-corrected chi connectivity index (χ4v) is 2.78. The molecule has 5 nitrogen and oxygen atoms in total. The van der Waals surface area contributed by atoms with Crippen molar-refractivity contribution in [2.45, 2.75) is 26.3 Å². The van der Waals surface area contributed by atoms with E-state index in [-0.39, 0.29) is 18.6 Å². The van der Waals surface area contributed by atoms with Crippen LogP contribution in [0.15, 0.2) is 18.2 Å². The molecule has 1 aromatic carbocycles. The summed E-state index contributed by atoms with van der Waals surface area (Å²) in [4.78, 5) is 14.0. The van der Waals surface area contributed by atoms with Crippen molar-refractivity contribution in [3.63, 3.8) is 0 Å². The van der Waals surface area contributed by atoms with E-state index < -0.39 is 0 Å². The van der Waals surface area contributed by atoms with Crippen LogP contribution >= 0.6 is 0 Å². The molecule has 1 amide bonds. The molecule has 1 heterocycles. The minimum atomic E-state index is -0.0958. The zero-order valence-corrected chi connectivity index (χ0v) is 12.1. The molecule has 2 rings (SSSR count). The molecule has 2 unspecified atom stereocenters. The fourth-order valence-electron chi connectivity index (χ4n) is 2.78. The van der Waals surface area contributed by atoms with Gasteiger partial charge in [0, 0.05) is 18.7 Å². The van der Waals surface area contributed by atoms with Crippen molar-refractivity contribution >= 4 is 17.3 Å². The molecule has 0 bridgehead atoms. The van der Waals surface area contributed by atoms with Crippen LogP contribution in [0, 0.1) is 5.92 Å². The number of amides is 1. The number of nitrogen functional groups attached to an aromatic ring is 1. The number of aliphatic hydroxyl groups excluding tert-OH is 1. The number of carbonyl (C=O) groups excluding carboxylic acids is 1. The molecule has 1 aliphatic rings. The fraction of sp³-hybridized carbons (Fsp3) is 0.533. The smallest absolute Gasteiger partial charge is 0.251 e. The van der Waals surface area contributed by atoms with Gasteiger partial charge in [0.1, 0.15) is 0 Å². The highest BCUT2D eigenvalue weighted by Crippen LogP contribution is 2.33. The lowest BCUT2D eigenvalue weighted by Crippen LogP contribution is -2.35. The van der Waals surface area contributed by atoms with Crippen molar-refractivity contribution in [3.8, 4) is 0 Å². The molecule has 0 aliphatic carbocycles. The van der Waals surface area contributed by atoms with E-state index in [1.54, 1.807) is 12.1 Å². The number of aliphatic hydroxyl groups is 1. The molecule has 5 heteroatoms. The number of nitrogens with two attached hydrogens (primary N) is 1. The van der Waals surface area contributed by atoms with Gasteiger partial charge in [-0.05, 0) is 37.5 Å². The normalized spacial score (nSPS) is 22.1. The van der Waals surface area contributed by atoms with E-state index in [4.69, 9.17) is 5.73 Å². The van der Waals surface area contributed by atoms with Gasteiger partial charge in [0.05, 0.1) is 24.0 Å². The summed E-state index contributed by atoms with van der Waals surface area (Å²) in [6, 6.07) is 5.39. The van der Waals surface area contributed by atoms with E-state index in [1.165, 1.54) is 0 Å². The lowest BCUT2D eigenvalue weighted by atomic mass is 10.0. The zero-order valence-electron chi connectivity index (χ0n) is 12.1. The van der Waals surface area contributed by atoms with Gasteiger partial charge in [-0.2, -0.15) is 0 Å². The van der Waals surface area contributed by atoms with Crippen LogP contribution < -0.4 is 16.0 Å². The SMILES string of the molecule is CCNC(=O)c1ccc(N)c(N2CCC(C)C2CO)c1. The summed E-state index contributed by atoms with van der Waals surface area (Å²) in [5.74, 6) is 0.328. The Hall–Kier alpha value is -1.75. The van der Waals surface area contributed by atoms with E-state index in [2.05, 4.69) is 17.1 Å². The van der Waals surface area contributed by atoms with Gasteiger partial charge >= 0.3 is 0 Å². The standard InChI is InChI=1S/C15H23N3O2/c1-3-17-15(20)11-4-5-12(16)13(8-11)18-7-6-10(2)14(18)9-19/h4-5,8,10,14,19H,3,6-7,9,16H2,1-2H3,(H,17,20). The Balaban J connectivity index is 2.31. The molecule has 0 spiro atoms. The van der Waals surface area contributed by atoms with Gasteiger partial charge in [-0.3, -0.25) is 4.79 Å². The quantitative estimate of drug-likeness (QED) is 0.723. The van der Waals surface area contributed by atoms with E-state index in [0.29, 0.717) is 23.7 Å². The summed E-state index contributed by atoms with van der Waals surface area (Å²) in [5.41, 5.74) is 8.14. The monoisotopic (exact) mass is 277 g/mol. The topological polar surface area (TPSA) is 78.6 Å². The zero-order chi connectivity index (χ0) is 14.7. The summed E-state index contributed by atoms with van der Waals surface area (Å²) in [7, 11) is 0. The Morgan fingerprint density at radius 3 is 2.95 bits per heavy atom. The van der Waals surface area contributed by atoms with Gasteiger partial charge in [0.15, 0.2) is 0 Å². The molecule has 2 atom stereocenters. The molecule has 1 aromatic rings. The summed E-state index contributed by atoms with van der Waals surface area (Å²) in [5, 5.41) is 12.3. The lowest BCUT2D eigenvalue weighted by Gasteiger charge is -2.28. The summed E-state index contributed by atoms with van der Waals surface area (Å²) < 4.78 is 0. The molecule has 4 N–H and O–H groups in total. The lowest BCUT2D eigenvalue weighted by molar-refractivity contribution is 0.0956. The third-order valence-electron chi connectivity index (χ3n) is 4.01. The first-order valence-corrected chi connectivity index (χ1v) is 7.13. The maximum Gasteiger partial charge on any atom is 0.251 e. The molecule has 110 valence electrons. The largest absolute Gasteiger partial charge is 0.397 e. The van der Waals surface area contributed by atoms with Crippen LogP contribution in [0.1, 0.15) is 30.6 Å². The highest BCUT2D eigenvalue weighted by Gasteiger charge is 2.31. The number of benzene rings is 1.